The molecule has 0 radical (unpaired) electrons. The van der Waals surface area contributed by atoms with E-state index in [1.165, 1.54) is 24.1 Å². The molecule has 104 valence electrons. The normalized spacial score (nSPS) is 15.4. The second-order valence-electron chi connectivity index (χ2n) is 5.16. The molecule has 5 heteroatoms. The summed E-state index contributed by atoms with van der Waals surface area (Å²) in [6.45, 7) is 0. The van der Waals surface area contributed by atoms with Gasteiger partial charge in [-0.15, -0.1) is 0 Å². The average Bonchev–Trinajstić information content (AvgIpc) is 2.71. The number of benzene rings is 1. The molecule has 1 aliphatic carbocycles. The Morgan fingerprint density at radius 1 is 1.35 bits per heavy atom. The molecule has 0 saturated heterocycles. The van der Waals surface area contributed by atoms with Crippen LogP contribution in [0.2, 0.25) is 0 Å². The quantitative estimate of drug-likeness (QED) is 0.431. The zero-order chi connectivity index (χ0) is 14.3. The van der Waals surface area contributed by atoms with Gasteiger partial charge < -0.3 is 4.57 Å². The Morgan fingerprint density at radius 3 is 2.80 bits per heavy atom. The Morgan fingerprint density at radius 2 is 2.15 bits per heavy atom. The van der Waals surface area contributed by atoms with Crippen molar-refractivity contribution >= 4 is 44.8 Å². The Balaban J connectivity index is 2.23. The molecule has 0 atom stereocenters. The van der Waals surface area contributed by atoms with Crippen LogP contribution in [-0.4, -0.2) is 9.49 Å². The molecule has 0 aliphatic heterocycles. The van der Waals surface area contributed by atoms with Crippen LogP contribution in [0.4, 0.5) is 5.69 Å². The van der Waals surface area contributed by atoms with Crippen LogP contribution in [0, 0.1) is 13.7 Å². The Bertz CT molecular complexity index is 731. The molecule has 1 aromatic heterocycles. The molecular formula is C15H15IN2O2. The molecule has 0 fully saturated rings. The summed E-state index contributed by atoms with van der Waals surface area (Å²) in [4.78, 5) is 10.6. The summed E-state index contributed by atoms with van der Waals surface area (Å²) < 4.78 is 3.29. The fraction of sp³-hybridized carbons (Fsp3) is 0.333. The summed E-state index contributed by atoms with van der Waals surface area (Å²) in [5.41, 5.74) is 3.81. The maximum atomic E-state index is 10.9. The first-order valence-electron chi connectivity index (χ1n) is 6.71. The van der Waals surface area contributed by atoms with E-state index in [0.29, 0.717) is 0 Å². The average molecular weight is 382 g/mol. The number of nitrogens with zero attached hydrogens (tertiary/aromatic N) is 2. The third-order valence-corrected chi connectivity index (χ3v) is 5.02. The van der Waals surface area contributed by atoms with Gasteiger partial charge in [-0.25, -0.2) is 0 Å². The van der Waals surface area contributed by atoms with Gasteiger partial charge in [-0.2, -0.15) is 0 Å². The first kappa shape index (κ1) is 13.6. The lowest BCUT2D eigenvalue weighted by molar-refractivity contribution is -0.384. The Labute approximate surface area is 130 Å². The molecule has 0 bridgehead atoms. The van der Waals surface area contributed by atoms with Crippen molar-refractivity contribution in [2.45, 2.75) is 25.7 Å². The standard InChI is InChI=1S/C15H15IN2O2/c1-17-13-8-7-11(18(19)20)9-12(13)14(16)15(17)10-5-3-2-4-6-10/h5,7-9H,2-4,6H2,1H3. The van der Waals surface area contributed by atoms with E-state index < -0.39 is 0 Å². The molecule has 0 N–H and O–H groups in total. The molecular weight excluding hydrogens is 367 g/mol. The first-order valence-corrected chi connectivity index (χ1v) is 7.79. The summed E-state index contributed by atoms with van der Waals surface area (Å²) in [5.74, 6) is 0. The Hall–Kier alpha value is -1.37. The maximum absolute atomic E-state index is 10.9. The fourth-order valence-electron chi connectivity index (χ4n) is 2.91. The molecule has 20 heavy (non-hydrogen) atoms. The summed E-state index contributed by atoms with van der Waals surface area (Å²) in [5, 5.41) is 11.9. The zero-order valence-electron chi connectivity index (χ0n) is 11.2. The molecule has 0 unspecified atom stereocenters. The fourth-order valence-corrected chi connectivity index (χ4v) is 4.05. The minimum absolute atomic E-state index is 0.158. The van der Waals surface area contributed by atoms with Crippen molar-refractivity contribution in [1.82, 2.24) is 4.57 Å². The van der Waals surface area contributed by atoms with Crippen molar-refractivity contribution < 1.29 is 4.92 Å². The number of nitro groups is 1. The number of rotatable bonds is 2. The van der Waals surface area contributed by atoms with Crippen molar-refractivity contribution in [3.8, 4) is 0 Å². The van der Waals surface area contributed by atoms with Gasteiger partial charge in [-0.1, -0.05) is 6.08 Å². The molecule has 2 aromatic rings. The number of fused-ring (bicyclic) bond motifs is 1. The van der Waals surface area contributed by atoms with Gasteiger partial charge in [-0.05, 0) is 59.9 Å². The van der Waals surface area contributed by atoms with Crippen LogP contribution in [0.1, 0.15) is 31.4 Å². The van der Waals surface area contributed by atoms with Crippen LogP contribution >= 0.6 is 22.6 Å². The predicted octanol–water partition coefficient (Wildman–Crippen LogP) is 4.65. The summed E-state index contributed by atoms with van der Waals surface area (Å²) in [7, 11) is 2.04. The zero-order valence-corrected chi connectivity index (χ0v) is 13.4. The number of halogens is 1. The van der Waals surface area contributed by atoms with Gasteiger partial charge in [0.1, 0.15) is 0 Å². The van der Waals surface area contributed by atoms with Gasteiger partial charge >= 0.3 is 0 Å². The van der Waals surface area contributed by atoms with E-state index in [1.54, 1.807) is 12.1 Å². The van der Waals surface area contributed by atoms with Crippen LogP contribution in [-0.2, 0) is 7.05 Å². The van der Waals surface area contributed by atoms with E-state index in [-0.39, 0.29) is 10.6 Å². The van der Waals surface area contributed by atoms with E-state index in [4.69, 9.17) is 0 Å². The SMILES string of the molecule is Cn1c(C2=CCCCC2)c(I)c2cc([N+](=O)[O-])ccc21. The van der Waals surface area contributed by atoms with Crippen molar-refractivity contribution in [3.05, 3.63) is 43.7 Å². The van der Waals surface area contributed by atoms with Crippen LogP contribution in [0.3, 0.4) is 0 Å². The second kappa shape index (κ2) is 5.20. The van der Waals surface area contributed by atoms with Crippen LogP contribution in [0.25, 0.3) is 16.5 Å². The number of non-ortho nitro benzene ring substituents is 1. The third-order valence-electron chi connectivity index (χ3n) is 3.93. The van der Waals surface area contributed by atoms with E-state index in [0.717, 1.165) is 27.3 Å². The van der Waals surface area contributed by atoms with Crippen molar-refractivity contribution in [1.29, 1.82) is 0 Å². The molecule has 1 aliphatic rings. The molecule has 1 heterocycles. The molecule has 3 rings (SSSR count). The van der Waals surface area contributed by atoms with E-state index in [2.05, 4.69) is 33.2 Å². The summed E-state index contributed by atoms with van der Waals surface area (Å²) in [6.07, 6.45) is 7.03. The minimum Gasteiger partial charge on any atom is -0.343 e. The topological polar surface area (TPSA) is 48.1 Å². The highest BCUT2D eigenvalue weighted by Crippen LogP contribution is 2.36. The second-order valence-corrected chi connectivity index (χ2v) is 6.23. The van der Waals surface area contributed by atoms with E-state index in [1.807, 2.05) is 13.1 Å². The molecule has 4 nitrogen and oxygen atoms in total. The van der Waals surface area contributed by atoms with Crippen LogP contribution < -0.4 is 0 Å². The highest BCUT2D eigenvalue weighted by atomic mass is 127. The van der Waals surface area contributed by atoms with Gasteiger partial charge in [-0.3, -0.25) is 10.1 Å². The lowest BCUT2D eigenvalue weighted by atomic mass is 9.97. The van der Waals surface area contributed by atoms with Crippen LogP contribution in [0.15, 0.2) is 24.3 Å². The number of allylic oxidation sites excluding steroid dienone is 2. The number of nitro benzene ring substituents is 1. The maximum Gasteiger partial charge on any atom is 0.270 e. The lowest BCUT2D eigenvalue weighted by Gasteiger charge is -2.14. The Kier molecular flexibility index (Phi) is 3.54. The number of hydrogen-bond donors (Lipinski definition) is 0. The minimum atomic E-state index is -0.331. The first-order chi connectivity index (χ1) is 9.59. The van der Waals surface area contributed by atoms with Gasteiger partial charge in [0.2, 0.25) is 0 Å². The van der Waals surface area contributed by atoms with Crippen LogP contribution in [0.5, 0.6) is 0 Å². The van der Waals surface area contributed by atoms with E-state index in [9.17, 15) is 10.1 Å². The van der Waals surface area contributed by atoms with Crippen molar-refractivity contribution in [3.63, 3.8) is 0 Å². The third kappa shape index (κ3) is 2.13. The molecule has 0 saturated carbocycles. The van der Waals surface area contributed by atoms with Crippen molar-refractivity contribution in [2.24, 2.45) is 7.05 Å². The molecule has 1 aromatic carbocycles. The van der Waals surface area contributed by atoms with Gasteiger partial charge in [0.15, 0.2) is 0 Å². The van der Waals surface area contributed by atoms with Gasteiger partial charge in [0.25, 0.3) is 5.69 Å². The summed E-state index contributed by atoms with van der Waals surface area (Å²) in [6, 6.07) is 5.12. The number of hydrogen-bond acceptors (Lipinski definition) is 2. The number of aromatic nitrogens is 1. The monoisotopic (exact) mass is 382 g/mol. The molecule has 0 amide bonds. The number of aryl methyl sites for hydroxylation is 1. The molecule has 0 spiro atoms. The van der Waals surface area contributed by atoms with Gasteiger partial charge in [0, 0.05) is 33.7 Å². The smallest absolute Gasteiger partial charge is 0.270 e. The van der Waals surface area contributed by atoms with E-state index >= 15 is 0 Å². The van der Waals surface area contributed by atoms with Gasteiger partial charge in [0.05, 0.1) is 10.6 Å². The predicted molar refractivity (Wildman–Crippen MR) is 88.7 cm³/mol. The largest absolute Gasteiger partial charge is 0.343 e. The highest BCUT2D eigenvalue weighted by Gasteiger charge is 2.19. The lowest BCUT2D eigenvalue weighted by Crippen LogP contribution is -2.00. The highest BCUT2D eigenvalue weighted by molar-refractivity contribution is 14.1. The van der Waals surface area contributed by atoms with Crippen molar-refractivity contribution in [2.75, 3.05) is 0 Å². The summed E-state index contributed by atoms with van der Waals surface area (Å²) >= 11 is 2.32.